The summed E-state index contributed by atoms with van der Waals surface area (Å²) in [5, 5.41) is 7.50. The second kappa shape index (κ2) is 6.87. The molecule has 0 saturated heterocycles. The molecule has 1 aromatic heterocycles. The molecule has 106 valence electrons. The van der Waals surface area contributed by atoms with Crippen LogP contribution >= 0.6 is 0 Å². The maximum Gasteiger partial charge on any atom is 0.151 e. The van der Waals surface area contributed by atoms with E-state index in [2.05, 4.69) is 48.3 Å². The van der Waals surface area contributed by atoms with E-state index in [0.717, 1.165) is 50.6 Å². The molecule has 0 fully saturated rings. The second-order valence-electron chi connectivity index (χ2n) is 5.86. The predicted molar refractivity (Wildman–Crippen MR) is 76.7 cm³/mol. The van der Waals surface area contributed by atoms with E-state index in [1.807, 2.05) is 0 Å². The van der Waals surface area contributed by atoms with Crippen LogP contribution < -0.4 is 5.32 Å². The average Bonchev–Trinajstić information content (AvgIpc) is 2.76. The maximum atomic E-state index is 5.41. The van der Waals surface area contributed by atoms with Gasteiger partial charge in [0, 0.05) is 25.7 Å². The highest BCUT2D eigenvalue weighted by Gasteiger charge is 2.13. The van der Waals surface area contributed by atoms with Crippen molar-refractivity contribution in [2.75, 3.05) is 19.6 Å². The molecule has 0 aromatic carbocycles. The molecule has 0 spiro atoms. The molecule has 0 atom stereocenters. The number of hydrogen-bond acceptors (Lipinski definition) is 4. The van der Waals surface area contributed by atoms with Gasteiger partial charge in [0.2, 0.25) is 0 Å². The van der Waals surface area contributed by atoms with Crippen molar-refractivity contribution in [3.63, 3.8) is 0 Å². The summed E-state index contributed by atoms with van der Waals surface area (Å²) in [7, 11) is 0. The van der Waals surface area contributed by atoms with Crippen LogP contribution in [0.15, 0.2) is 22.2 Å². The van der Waals surface area contributed by atoms with Crippen molar-refractivity contribution in [3.05, 3.63) is 29.2 Å². The van der Waals surface area contributed by atoms with Gasteiger partial charge in [-0.15, -0.1) is 0 Å². The van der Waals surface area contributed by atoms with Crippen molar-refractivity contribution in [2.45, 2.75) is 40.3 Å². The van der Waals surface area contributed by atoms with Crippen LogP contribution in [0.2, 0.25) is 0 Å². The zero-order chi connectivity index (χ0) is 13.7. The lowest BCUT2D eigenvalue weighted by atomic mass is 10.1. The van der Waals surface area contributed by atoms with E-state index in [1.165, 1.54) is 5.57 Å². The minimum atomic E-state index is 0.662. The van der Waals surface area contributed by atoms with Crippen molar-refractivity contribution in [1.29, 1.82) is 0 Å². The first-order valence-corrected chi connectivity index (χ1v) is 7.16. The second-order valence-corrected chi connectivity index (χ2v) is 5.86. The predicted octanol–water partition coefficient (Wildman–Crippen LogP) is 2.57. The summed E-state index contributed by atoms with van der Waals surface area (Å²) in [6.07, 6.45) is 3.46. The van der Waals surface area contributed by atoms with Crippen LogP contribution in [0.25, 0.3) is 0 Å². The third-order valence-electron chi connectivity index (χ3n) is 3.26. The summed E-state index contributed by atoms with van der Waals surface area (Å²) in [5.41, 5.74) is 2.45. The molecule has 1 aliphatic heterocycles. The summed E-state index contributed by atoms with van der Waals surface area (Å²) >= 11 is 0. The van der Waals surface area contributed by atoms with Gasteiger partial charge in [0.05, 0.1) is 12.2 Å². The van der Waals surface area contributed by atoms with E-state index in [1.54, 1.807) is 0 Å². The van der Waals surface area contributed by atoms with Crippen molar-refractivity contribution in [1.82, 2.24) is 15.4 Å². The quantitative estimate of drug-likeness (QED) is 0.801. The Bertz CT molecular complexity index is 423. The summed E-state index contributed by atoms with van der Waals surface area (Å²) in [4.78, 5) is 2.40. The van der Waals surface area contributed by atoms with Gasteiger partial charge in [-0.1, -0.05) is 30.7 Å². The molecular weight excluding hydrogens is 238 g/mol. The highest BCUT2D eigenvalue weighted by atomic mass is 16.5. The summed E-state index contributed by atoms with van der Waals surface area (Å²) in [6, 6.07) is 2.07. The third-order valence-corrected chi connectivity index (χ3v) is 3.26. The number of rotatable bonds is 6. The Kier molecular flexibility index (Phi) is 5.16. The molecule has 1 N–H and O–H groups in total. The van der Waals surface area contributed by atoms with Crippen LogP contribution in [0.1, 0.15) is 38.6 Å². The van der Waals surface area contributed by atoms with Gasteiger partial charge >= 0.3 is 0 Å². The highest BCUT2D eigenvalue weighted by Crippen LogP contribution is 2.13. The number of nitrogens with zero attached hydrogens (tertiary/aromatic N) is 2. The molecule has 0 radical (unpaired) electrons. The minimum absolute atomic E-state index is 0.662. The Balaban J connectivity index is 1.79. The fraction of sp³-hybridized carbons (Fsp3) is 0.667. The molecule has 1 aliphatic rings. The number of nitrogens with one attached hydrogen (secondary N) is 1. The van der Waals surface area contributed by atoms with Crippen molar-refractivity contribution < 1.29 is 4.52 Å². The molecular formula is C15H25N3O. The Morgan fingerprint density at radius 1 is 1.47 bits per heavy atom. The Labute approximate surface area is 115 Å². The lowest BCUT2D eigenvalue weighted by molar-refractivity contribution is 0.242. The van der Waals surface area contributed by atoms with E-state index >= 15 is 0 Å². The third kappa shape index (κ3) is 4.80. The standard InChI is InChI=1S/C15H25N3O/c1-12(2)8-16-9-14-7-15(19-17-14)11-18-6-4-5-13(3)10-18/h5,7,12,16H,4,6,8-11H2,1-3H3. The first-order valence-electron chi connectivity index (χ1n) is 7.16. The highest BCUT2D eigenvalue weighted by molar-refractivity contribution is 5.08. The van der Waals surface area contributed by atoms with Gasteiger partial charge < -0.3 is 9.84 Å². The fourth-order valence-corrected chi connectivity index (χ4v) is 2.35. The van der Waals surface area contributed by atoms with Gasteiger partial charge in [-0.25, -0.2) is 0 Å². The maximum absolute atomic E-state index is 5.41. The Hall–Kier alpha value is -1.13. The van der Waals surface area contributed by atoms with Gasteiger partial charge in [-0.2, -0.15) is 0 Å². The smallest absolute Gasteiger partial charge is 0.151 e. The van der Waals surface area contributed by atoms with Gasteiger partial charge in [0.15, 0.2) is 5.76 Å². The molecule has 2 heterocycles. The summed E-state index contributed by atoms with van der Waals surface area (Å²) in [6.45, 7) is 11.4. The van der Waals surface area contributed by atoms with Crippen LogP contribution in [-0.4, -0.2) is 29.7 Å². The zero-order valence-corrected chi connectivity index (χ0v) is 12.3. The Morgan fingerprint density at radius 3 is 3.05 bits per heavy atom. The van der Waals surface area contributed by atoms with Gasteiger partial charge in [0.25, 0.3) is 0 Å². The minimum Gasteiger partial charge on any atom is -0.360 e. The number of hydrogen-bond donors (Lipinski definition) is 1. The van der Waals surface area contributed by atoms with E-state index in [-0.39, 0.29) is 0 Å². The normalized spacial score (nSPS) is 16.9. The van der Waals surface area contributed by atoms with Crippen molar-refractivity contribution in [3.8, 4) is 0 Å². The lowest BCUT2D eigenvalue weighted by Gasteiger charge is -2.24. The van der Waals surface area contributed by atoms with Crippen LogP contribution in [-0.2, 0) is 13.1 Å². The molecule has 0 aliphatic carbocycles. The van der Waals surface area contributed by atoms with Gasteiger partial charge in [0.1, 0.15) is 0 Å². The SMILES string of the molecule is CC1=CCCN(Cc2cc(CNCC(C)C)no2)C1. The fourth-order valence-electron chi connectivity index (χ4n) is 2.35. The molecule has 2 rings (SSSR count). The molecule has 4 nitrogen and oxygen atoms in total. The molecule has 0 saturated carbocycles. The summed E-state index contributed by atoms with van der Waals surface area (Å²) < 4.78 is 5.41. The van der Waals surface area contributed by atoms with E-state index in [0.29, 0.717) is 5.92 Å². The van der Waals surface area contributed by atoms with Crippen LogP contribution in [0.3, 0.4) is 0 Å². The monoisotopic (exact) mass is 263 g/mol. The summed E-state index contributed by atoms with van der Waals surface area (Å²) in [5.74, 6) is 1.63. The van der Waals surface area contributed by atoms with Gasteiger partial charge in [-0.3, -0.25) is 4.90 Å². The lowest BCUT2D eigenvalue weighted by Crippen LogP contribution is -2.28. The zero-order valence-electron chi connectivity index (χ0n) is 12.3. The Morgan fingerprint density at radius 2 is 2.32 bits per heavy atom. The van der Waals surface area contributed by atoms with E-state index in [9.17, 15) is 0 Å². The van der Waals surface area contributed by atoms with Crippen molar-refractivity contribution >= 4 is 0 Å². The first-order chi connectivity index (χ1) is 9.13. The molecule has 0 amide bonds. The molecule has 0 bridgehead atoms. The average molecular weight is 263 g/mol. The van der Waals surface area contributed by atoms with E-state index < -0.39 is 0 Å². The van der Waals surface area contributed by atoms with Crippen molar-refractivity contribution in [2.24, 2.45) is 5.92 Å². The molecule has 0 unspecified atom stereocenters. The van der Waals surface area contributed by atoms with Crippen LogP contribution in [0.5, 0.6) is 0 Å². The van der Waals surface area contributed by atoms with Crippen LogP contribution in [0.4, 0.5) is 0 Å². The largest absolute Gasteiger partial charge is 0.360 e. The van der Waals surface area contributed by atoms with Gasteiger partial charge in [-0.05, 0) is 25.8 Å². The molecule has 19 heavy (non-hydrogen) atoms. The topological polar surface area (TPSA) is 41.3 Å². The number of aromatic nitrogens is 1. The first kappa shape index (κ1) is 14.3. The molecule has 1 aromatic rings. The molecule has 4 heteroatoms. The van der Waals surface area contributed by atoms with Crippen LogP contribution in [0, 0.1) is 5.92 Å². The van der Waals surface area contributed by atoms with E-state index in [4.69, 9.17) is 4.52 Å².